The first kappa shape index (κ1) is 14.2. The highest BCUT2D eigenvalue weighted by Crippen LogP contribution is 2.32. The van der Waals surface area contributed by atoms with E-state index in [2.05, 4.69) is 36.4 Å². The average molecular weight is 281 g/mol. The van der Waals surface area contributed by atoms with Gasteiger partial charge in [-0.05, 0) is 31.9 Å². The zero-order valence-electron chi connectivity index (χ0n) is 12.1. The fraction of sp³-hybridized carbons (Fsp3) is 0.533. The summed E-state index contributed by atoms with van der Waals surface area (Å²) < 4.78 is 7.50. The number of methoxy groups -OCH3 is 1. The molecule has 4 heteroatoms. The molecule has 0 aliphatic rings. The van der Waals surface area contributed by atoms with Crippen molar-refractivity contribution in [2.45, 2.75) is 39.1 Å². The maximum absolute atomic E-state index is 6.29. The molecule has 0 aliphatic carbocycles. The molecule has 19 heavy (non-hydrogen) atoms. The Morgan fingerprint density at radius 1 is 1.21 bits per heavy atom. The Morgan fingerprint density at radius 2 is 1.89 bits per heavy atom. The van der Waals surface area contributed by atoms with Crippen LogP contribution in [0.2, 0.25) is 0 Å². The zero-order chi connectivity index (χ0) is 14.2. The number of hydrogen-bond acceptors (Lipinski definition) is 2. The summed E-state index contributed by atoms with van der Waals surface area (Å²) in [6.45, 7) is 8.59. The minimum atomic E-state index is -0.111. The summed E-state index contributed by atoms with van der Waals surface area (Å²) in [5.74, 6) is 2.27. The van der Waals surface area contributed by atoms with Gasteiger partial charge in [0, 0.05) is 12.1 Å². The van der Waals surface area contributed by atoms with E-state index in [-0.39, 0.29) is 5.38 Å². The molecule has 104 valence electrons. The fourth-order valence-electron chi connectivity index (χ4n) is 2.23. The van der Waals surface area contributed by atoms with Crippen molar-refractivity contribution in [1.29, 1.82) is 0 Å². The summed E-state index contributed by atoms with van der Waals surface area (Å²) >= 11 is 6.29. The normalized spacial score (nSPS) is 14.9. The molecular formula is C15H21ClN2O. The van der Waals surface area contributed by atoms with Gasteiger partial charge >= 0.3 is 0 Å². The lowest BCUT2D eigenvalue weighted by atomic mass is 10.1. The Hall–Kier alpha value is -1.22. The lowest BCUT2D eigenvalue weighted by Gasteiger charge is -2.22. The number of halogens is 1. The van der Waals surface area contributed by atoms with Gasteiger partial charge < -0.3 is 9.30 Å². The Labute approximate surface area is 119 Å². The maximum Gasteiger partial charge on any atom is 0.127 e. The second-order valence-corrected chi connectivity index (χ2v) is 5.95. The van der Waals surface area contributed by atoms with E-state index in [9.17, 15) is 0 Å². The third-order valence-electron chi connectivity index (χ3n) is 3.65. The molecular weight excluding hydrogens is 260 g/mol. The summed E-state index contributed by atoms with van der Waals surface area (Å²) in [5.41, 5.74) is 2.05. The first-order valence-electron chi connectivity index (χ1n) is 6.65. The SMILES string of the molecule is COc1ccc2c(c1)nc(C(C)Cl)n2C(C)C(C)C. The molecule has 0 radical (unpaired) electrons. The predicted molar refractivity (Wildman–Crippen MR) is 80.1 cm³/mol. The Balaban J connectivity index is 2.67. The minimum Gasteiger partial charge on any atom is -0.497 e. The Morgan fingerprint density at radius 3 is 2.42 bits per heavy atom. The number of benzene rings is 1. The first-order valence-corrected chi connectivity index (χ1v) is 7.09. The molecule has 2 aromatic rings. The molecule has 2 unspecified atom stereocenters. The topological polar surface area (TPSA) is 27.1 Å². The van der Waals surface area contributed by atoms with Crippen LogP contribution in [0, 0.1) is 5.92 Å². The van der Waals surface area contributed by atoms with Gasteiger partial charge in [-0.15, -0.1) is 11.6 Å². The molecule has 0 fully saturated rings. The second kappa shape index (κ2) is 5.41. The van der Waals surface area contributed by atoms with E-state index in [1.165, 1.54) is 0 Å². The standard InChI is InChI=1S/C15H21ClN2O/c1-9(2)11(4)18-14-7-6-12(19-5)8-13(14)17-15(18)10(3)16/h6-11H,1-5H3. The highest BCUT2D eigenvalue weighted by molar-refractivity contribution is 6.20. The van der Waals surface area contributed by atoms with Crippen LogP contribution < -0.4 is 4.74 Å². The maximum atomic E-state index is 6.29. The van der Waals surface area contributed by atoms with Crippen LogP contribution >= 0.6 is 11.6 Å². The van der Waals surface area contributed by atoms with Crippen molar-refractivity contribution in [3.8, 4) is 5.75 Å². The number of rotatable bonds is 4. The van der Waals surface area contributed by atoms with Crippen molar-refractivity contribution in [1.82, 2.24) is 9.55 Å². The van der Waals surface area contributed by atoms with Crippen LogP contribution in [0.5, 0.6) is 5.75 Å². The lowest BCUT2D eigenvalue weighted by Crippen LogP contribution is -2.14. The molecule has 0 N–H and O–H groups in total. The molecule has 2 rings (SSSR count). The van der Waals surface area contributed by atoms with E-state index < -0.39 is 0 Å². The molecule has 1 aromatic heterocycles. The first-order chi connectivity index (χ1) is 8.95. The molecule has 0 saturated heterocycles. The van der Waals surface area contributed by atoms with E-state index in [0.29, 0.717) is 12.0 Å². The van der Waals surface area contributed by atoms with Gasteiger partial charge in [0.1, 0.15) is 11.6 Å². The van der Waals surface area contributed by atoms with Gasteiger partial charge in [-0.3, -0.25) is 0 Å². The van der Waals surface area contributed by atoms with E-state index in [1.807, 2.05) is 19.1 Å². The zero-order valence-corrected chi connectivity index (χ0v) is 12.9. The van der Waals surface area contributed by atoms with E-state index in [0.717, 1.165) is 22.6 Å². The molecule has 1 aromatic carbocycles. The molecule has 0 spiro atoms. The van der Waals surface area contributed by atoms with Crippen molar-refractivity contribution < 1.29 is 4.74 Å². The predicted octanol–water partition coefficient (Wildman–Crippen LogP) is 4.56. The molecule has 3 nitrogen and oxygen atoms in total. The van der Waals surface area contributed by atoms with Crippen molar-refractivity contribution >= 4 is 22.6 Å². The summed E-state index contributed by atoms with van der Waals surface area (Å²) in [4.78, 5) is 4.68. The summed E-state index contributed by atoms with van der Waals surface area (Å²) in [7, 11) is 1.67. The van der Waals surface area contributed by atoms with E-state index >= 15 is 0 Å². The van der Waals surface area contributed by atoms with Gasteiger partial charge in [-0.1, -0.05) is 13.8 Å². The van der Waals surface area contributed by atoms with Crippen LogP contribution in [0.1, 0.15) is 44.9 Å². The number of hydrogen-bond donors (Lipinski definition) is 0. The smallest absolute Gasteiger partial charge is 0.127 e. The number of imidazole rings is 1. The van der Waals surface area contributed by atoms with Crippen molar-refractivity contribution in [3.63, 3.8) is 0 Å². The van der Waals surface area contributed by atoms with Crippen molar-refractivity contribution in [2.24, 2.45) is 5.92 Å². The quantitative estimate of drug-likeness (QED) is 0.768. The van der Waals surface area contributed by atoms with E-state index in [4.69, 9.17) is 16.3 Å². The van der Waals surface area contributed by atoms with Gasteiger partial charge in [0.2, 0.25) is 0 Å². The van der Waals surface area contributed by atoms with Crippen LogP contribution in [0.15, 0.2) is 18.2 Å². The van der Waals surface area contributed by atoms with Crippen LogP contribution in [-0.4, -0.2) is 16.7 Å². The molecule has 0 amide bonds. The highest BCUT2D eigenvalue weighted by Gasteiger charge is 2.21. The second-order valence-electron chi connectivity index (χ2n) is 5.30. The van der Waals surface area contributed by atoms with Crippen molar-refractivity contribution in [3.05, 3.63) is 24.0 Å². The minimum absolute atomic E-state index is 0.111. The van der Waals surface area contributed by atoms with Crippen molar-refractivity contribution in [2.75, 3.05) is 7.11 Å². The highest BCUT2D eigenvalue weighted by atomic mass is 35.5. The van der Waals surface area contributed by atoms with Gasteiger partial charge in [-0.25, -0.2) is 4.98 Å². The Bertz CT molecular complexity index is 575. The number of alkyl halides is 1. The number of nitrogens with zero attached hydrogens (tertiary/aromatic N) is 2. The fourth-order valence-corrected chi connectivity index (χ4v) is 2.38. The molecule has 0 aliphatic heterocycles. The molecule has 0 bridgehead atoms. The van der Waals surface area contributed by atoms with Crippen LogP contribution in [0.25, 0.3) is 11.0 Å². The Kier molecular flexibility index (Phi) is 4.04. The molecule has 2 atom stereocenters. The monoisotopic (exact) mass is 280 g/mol. The number of fused-ring (bicyclic) bond motifs is 1. The number of ether oxygens (including phenoxy) is 1. The lowest BCUT2D eigenvalue weighted by molar-refractivity contribution is 0.405. The number of aromatic nitrogens is 2. The van der Waals surface area contributed by atoms with Gasteiger partial charge in [0.15, 0.2) is 0 Å². The summed E-state index contributed by atoms with van der Waals surface area (Å²) in [5, 5.41) is -0.111. The third-order valence-corrected chi connectivity index (χ3v) is 3.85. The largest absolute Gasteiger partial charge is 0.497 e. The molecule has 0 saturated carbocycles. The molecule has 1 heterocycles. The van der Waals surface area contributed by atoms with Gasteiger partial charge in [0.05, 0.1) is 23.5 Å². The average Bonchev–Trinajstić information content (AvgIpc) is 2.75. The van der Waals surface area contributed by atoms with E-state index in [1.54, 1.807) is 7.11 Å². The van der Waals surface area contributed by atoms with Crippen LogP contribution in [-0.2, 0) is 0 Å². The summed E-state index contributed by atoms with van der Waals surface area (Å²) in [6, 6.07) is 6.34. The van der Waals surface area contributed by atoms with Crippen LogP contribution in [0.3, 0.4) is 0 Å². The van der Waals surface area contributed by atoms with Gasteiger partial charge in [0.25, 0.3) is 0 Å². The summed E-state index contributed by atoms with van der Waals surface area (Å²) in [6.07, 6.45) is 0. The van der Waals surface area contributed by atoms with Crippen LogP contribution in [0.4, 0.5) is 0 Å². The third kappa shape index (κ3) is 2.57. The van der Waals surface area contributed by atoms with Gasteiger partial charge in [-0.2, -0.15) is 0 Å².